The van der Waals surface area contributed by atoms with Crippen LogP contribution in [0.1, 0.15) is 12.0 Å². The van der Waals surface area contributed by atoms with E-state index >= 15 is 0 Å². The molecule has 0 aliphatic carbocycles. The number of nitrogens with zero attached hydrogens (tertiary/aromatic N) is 3. The molecule has 2 rings (SSSR count). The van der Waals surface area contributed by atoms with E-state index in [9.17, 15) is 9.59 Å². The molecule has 0 saturated carbocycles. The van der Waals surface area contributed by atoms with Crippen LogP contribution in [0.3, 0.4) is 0 Å². The van der Waals surface area contributed by atoms with Gasteiger partial charge in [-0.1, -0.05) is 6.07 Å². The van der Waals surface area contributed by atoms with Gasteiger partial charge < -0.3 is 5.32 Å². The van der Waals surface area contributed by atoms with Crippen LogP contribution in [0, 0.1) is 11.3 Å². The van der Waals surface area contributed by atoms with Gasteiger partial charge in [-0.2, -0.15) is 10.4 Å². The van der Waals surface area contributed by atoms with E-state index in [1.54, 1.807) is 30.3 Å². The Balaban J connectivity index is 1.95. The number of amides is 1. The van der Waals surface area contributed by atoms with Gasteiger partial charge in [0, 0.05) is 24.4 Å². The van der Waals surface area contributed by atoms with Crippen LogP contribution >= 0.6 is 0 Å². The lowest BCUT2D eigenvalue weighted by atomic mass is 10.2. The van der Waals surface area contributed by atoms with Crippen molar-refractivity contribution < 1.29 is 4.79 Å². The van der Waals surface area contributed by atoms with E-state index in [-0.39, 0.29) is 24.4 Å². The van der Waals surface area contributed by atoms with Crippen molar-refractivity contribution >= 4 is 11.6 Å². The molecule has 0 aliphatic rings. The summed E-state index contributed by atoms with van der Waals surface area (Å²) in [5, 5.41) is 15.3. The number of aryl methyl sites for hydroxylation is 1. The number of hydrogen-bond acceptors (Lipinski definition) is 4. The van der Waals surface area contributed by atoms with Gasteiger partial charge in [-0.25, -0.2) is 4.68 Å². The maximum Gasteiger partial charge on any atom is 0.266 e. The van der Waals surface area contributed by atoms with E-state index in [1.807, 2.05) is 6.07 Å². The summed E-state index contributed by atoms with van der Waals surface area (Å²) in [4.78, 5) is 23.2. The first-order valence-electron chi connectivity index (χ1n) is 6.01. The zero-order valence-electron chi connectivity index (χ0n) is 10.6. The van der Waals surface area contributed by atoms with Gasteiger partial charge in [-0.15, -0.1) is 0 Å². The van der Waals surface area contributed by atoms with Gasteiger partial charge in [0.15, 0.2) is 0 Å². The number of rotatable bonds is 4. The van der Waals surface area contributed by atoms with E-state index in [0.717, 1.165) is 0 Å². The zero-order valence-corrected chi connectivity index (χ0v) is 10.6. The van der Waals surface area contributed by atoms with Crippen molar-refractivity contribution in [2.75, 3.05) is 5.32 Å². The van der Waals surface area contributed by atoms with Gasteiger partial charge in [0.1, 0.15) is 0 Å². The minimum absolute atomic E-state index is 0.133. The Labute approximate surface area is 115 Å². The van der Waals surface area contributed by atoms with Gasteiger partial charge in [0.25, 0.3) is 5.56 Å². The molecule has 0 unspecified atom stereocenters. The maximum absolute atomic E-state index is 11.8. The molecule has 20 heavy (non-hydrogen) atoms. The Hall–Kier alpha value is -2.94. The van der Waals surface area contributed by atoms with Gasteiger partial charge in [-0.05, 0) is 24.3 Å². The van der Waals surface area contributed by atoms with Crippen LogP contribution in [-0.2, 0) is 11.3 Å². The molecule has 6 heteroatoms. The fraction of sp³-hybridized carbons (Fsp3) is 0.143. The van der Waals surface area contributed by atoms with Crippen molar-refractivity contribution in [2.45, 2.75) is 13.0 Å². The fourth-order valence-corrected chi connectivity index (χ4v) is 1.65. The number of carbonyl (C=O) groups excluding carboxylic acids is 1. The van der Waals surface area contributed by atoms with Gasteiger partial charge >= 0.3 is 0 Å². The van der Waals surface area contributed by atoms with E-state index in [1.165, 1.54) is 16.9 Å². The second-order valence-electron chi connectivity index (χ2n) is 4.08. The molecule has 0 atom stereocenters. The summed E-state index contributed by atoms with van der Waals surface area (Å²) < 4.78 is 1.23. The van der Waals surface area contributed by atoms with Crippen LogP contribution in [0.15, 0.2) is 47.4 Å². The van der Waals surface area contributed by atoms with Crippen LogP contribution in [0.5, 0.6) is 0 Å². The van der Waals surface area contributed by atoms with Gasteiger partial charge in [0.05, 0.1) is 18.2 Å². The largest absolute Gasteiger partial charge is 0.326 e. The highest BCUT2D eigenvalue weighted by atomic mass is 16.2. The van der Waals surface area contributed by atoms with Gasteiger partial charge in [-0.3, -0.25) is 9.59 Å². The van der Waals surface area contributed by atoms with Crippen molar-refractivity contribution in [1.29, 1.82) is 5.26 Å². The predicted octanol–water partition coefficient (Wildman–Crippen LogP) is 1.14. The molecule has 1 aromatic carbocycles. The Bertz CT molecular complexity index is 715. The summed E-state index contributed by atoms with van der Waals surface area (Å²) in [5.74, 6) is -0.238. The fourth-order valence-electron chi connectivity index (χ4n) is 1.65. The number of aromatic nitrogens is 2. The van der Waals surface area contributed by atoms with Crippen molar-refractivity contribution in [1.82, 2.24) is 9.78 Å². The van der Waals surface area contributed by atoms with Crippen molar-refractivity contribution in [3.05, 3.63) is 58.5 Å². The average Bonchev–Trinajstić information content (AvgIpc) is 2.46. The smallest absolute Gasteiger partial charge is 0.266 e. The molecule has 1 aromatic heterocycles. The molecule has 6 nitrogen and oxygen atoms in total. The number of hydrogen-bond donors (Lipinski definition) is 1. The second kappa shape index (κ2) is 6.29. The van der Waals surface area contributed by atoms with E-state index in [2.05, 4.69) is 10.4 Å². The lowest BCUT2D eigenvalue weighted by Crippen LogP contribution is -2.24. The normalized spacial score (nSPS) is 9.75. The summed E-state index contributed by atoms with van der Waals surface area (Å²) in [5.41, 5.74) is 0.790. The summed E-state index contributed by atoms with van der Waals surface area (Å²) >= 11 is 0. The van der Waals surface area contributed by atoms with Crippen LogP contribution in [0.4, 0.5) is 5.69 Å². The highest BCUT2D eigenvalue weighted by Crippen LogP contribution is 2.09. The summed E-state index contributed by atoms with van der Waals surface area (Å²) in [7, 11) is 0. The minimum atomic E-state index is -0.244. The Morgan fingerprint density at radius 2 is 2.20 bits per heavy atom. The Kier molecular flexibility index (Phi) is 4.24. The van der Waals surface area contributed by atoms with Crippen molar-refractivity contribution in [3.63, 3.8) is 0 Å². The first-order valence-corrected chi connectivity index (χ1v) is 6.01. The average molecular weight is 268 g/mol. The molecule has 0 aliphatic heterocycles. The molecule has 1 amide bonds. The Morgan fingerprint density at radius 3 is 2.95 bits per heavy atom. The Morgan fingerprint density at radius 1 is 1.35 bits per heavy atom. The van der Waals surface area contributed by atoms with Crippen molar-refractivity contribution in [3.8, 4) is 6.07 Å². The molecule has 0 saturated heterocycles. The van der Waals surface area contributed by atoms with Crippen LogP contribution < -0.4 is 10.9 Å². The molecule has 100 valence electrons. The first kappa shape index (κ1) is 13.5. The molecule has 0 spiro atoms. The number of benzene rings is 1. The third kappa shape index (κ3) is 3.53. The van der Waals surface area contributed by atoms with E-state index < -0.39 is 0 Å². The third-order valence-electron chi connectivity index (χ3n) is 2.61. The quantitative estimate of drug-likeness (QED) is 0.900. The molecule has 1 N–H and O–H groups in total. The third-order valence-corrected chi connectivity index (χ3v) is 2.61. The summed E-state index contributed by atoms with van der Waals surface area (Å²) in [6.45, 7) is 0.212. The summed E-state index contributed by atoms with van der Waals surface area (Å²) in [6.07, 6.45) is 1.63. The highest BCUT2D eigenvalue weighted by Gasteiger charge is 2.04. The lowest BCUT2D eigenvalue weighted by molar-refractivity contribution is -0.116. The zero-order chi connectivity index (χ0) is 14.4. The molecule has 1 heterocycles. The molecule has 0 fully saturated rings. The number of nitriles is 1. The van der Waals surface area contributed by atoms with Crippen LogP contribution in [0.2, 0.25) is 0 Å². The molecule has 2 aromatic rings. The number of nitrogens with one attached hydrogen (secondary N) is 1. The first-order chi connectivity index (χ1) is 9.69. The van der Waals surface area contributed by atoms with E-state index in [0.29, 0.717) is 11.3 Å². The SMILES string of the molecule is N#Cc1cccc(NC(=O)CCn2ncccc2=O)c1. The molecule has 0 bridgehead atoms. The number of carbonyl (C=O) groups is 1. The molecular formula is C14H12N4O2. The van der Waals surface area contributed by atoms with Crippen LogP contribution in [-0.4, -0.2) is 15.7 Å². The second-order valence-corrected chi connectivity index (χ2v) is 4.08. The van der Waals surface area contributed by atoms with Crippen molar-refractivity contribution in [2.24, 2.45) is 0 Å². The van der Waals surface area contributed by atoms with Crippen LogP contribution in [0.25, 0.3) is 0 Å². The highest BCUT2D eigenvalue weighted by molar-refractivity contribution is 5.90. The topological polar surface area (TPSA) is 87.8 Å². The van der Waals surface area contributed by atoms with E-state index in [4.69, 9.17) is 5.26 Å². The summed E-state index contributed by atoms with van der Waals surface area (Å²) in [6, 6.07) is 11.6. The molecule has 0 radical (unpaired) electrons. The number of anilines is 1. The maximum atomic E-state index is 11.8. The predicted molar refractivity (Wildman–Crippen MR) is 72.9 cm³/mol. The monoisotopic (exact) mass is 268 g/mol. The standard InChI is InChI=1S/C14H12N4O2/c15-10-11-3-1-4-12(9-11)17-13(19)6-8-18-14(20)5-2-7-16-18/h1-5,7,9H,6,8H2,(H,17,19). The van der Waals surface area contributed by atoms with Gasteiger partial charge in [0.2, 0.25) is 5.91 Å². The molecular weight excluding hydrogens is 256 g/mol. The lowest BCUT2D eigenvalue weighted by Gasteiger charge is -2.06. The minimum Gasteiger partial charge on any atom is -0.326 e.